The molecule has 2 aromatic rings. The number of hydrogen-bond donors (Lipinski definition) is 1. The van der Waals surface area contributed by atoms with Crippen LogP contribution in [0.3, 0.4) is 0 Å². The molecule has 0 saturated carbocycles. The van der Waals surface area contributed by atoms with E-state index in [2.05, 4.69) is 21.2 Å². The van der Waals surface area contributed by atoms with Gasteiger partial charge >= 0.3 is 5.97 Å². The van der Waals surface area contributed by atoms with E-state index >= 15 is 0 Å². The number of aryl methyl sites for hydroxylation is 2. The van der Waals surface area contributed by atoms with Gasteiger partial charge in [0.05, 0.1) is 17.1 Å². The molecule has 2 aromatic carbocycles. The quantitative estimate of drug-likeness (QED) is 0.733. The molecule has 5 nitrogen and oxygen atoms in total. The molecule has 0 aliphatic carbocycles. The number of methoxy groups -OCH3 is 1. The minimum absolute atomic E-state index is 0.339. The minimum atomic E-state index is -0.570. The molecule has 25 heavy (non-hydrogen) atoms. The molecule has 0 atom stereocenters. The van der Waals surface area contributed by atoms with Crippen LogP contribution in [0.1, 0.15) is 28.4 Å². The van der Waals surface area contributed by atoms with E-state index in [0.29, 0.717) is 15.8 Å². The Balaban J connectivity index is 1.98. The summed E-state index contributed by atoms with van der Waals surface area (Å²) in [5, 5.41) is 2.82. The van der Waals surface area contributed by atoms with Gasteiger partial charge in [0.25, 0.3) is 5.91 Å². The lowest BCUT2D eigenvalue weighted by atomic mass is 10.1. The van der Waals surface area contributed by atoms with Crippen LogP contribution in [0.4, 0.5) is 5.69 Å². The molecule has 0 fully saturated rings. The largest absolute Gasteiger partial charge is 0.496 e. The number of carbonyl (C=O) groups is 2. The SMILES string of the molecule is CCc1cccc(C)c1NC(=O)COC(=O)c1ccc(OC)c(Br)c1. The van der Waals surface area contributed by atoms with Crippen LogP contribution in [-0.2, 0) is 16.0 Å². The Morgan fingerprint density at radius 1 is 1.20 bits per heavy atom. The molecule has 2 rings (SSSR count). The van der Waals surface area contributed by atoms with Crippen LogP contribution in [0.2, 0.25) is 0 Å². The molecular weight excluding hydrogens is 386 g/mol. The first kappa shape index (κ1) is 19.0. The van der Waals surface area contributed by atoms with E-state index < -0.39 is 5.97 Å². The fourth-order valence-electron chi connectivity index (χ4n) is 2.39. The Kier molecular flexibility index (Phi) is 6.58. The van der Waals surface area contributed by atoms with Crippen LogP contribution < -0.4 is 10.1 Å². The summed E-state index contributed by atoms with van der Waals surface area (Å²) in [6.07, 6.45) is 0.803. The van der Waals surface area contributed by atoms with Gasteiger partial charge in [0.1, 0.15) is 5.75 Å². The van der Waals surface area contributed by atoms with Gasteiger partial charge in [-0.2, -0.15) is 0 Å². The van der Waals surface area contributed by atoms with E-state index in [4.69, 9.17) is 9.47 Å². The van der Waals surface area contributed by atoms with Crippen molar-refractivity contribution in [2.24, 2.45) is 0 Å². The number of carbonyl (C=O) groups excluding carboxylic acids is 2. The number of halogens is 1. The van der Waals surface area contributed by atoms with Crippen LogP contribution in [0.5, 0.6) is 5.75 Å². The molecule has 0 unspecified atom stereocenters. The second kappa shape index (κ2) is 8.67. The lowest BCUT2D eigenvalue weighted by molar-refractivity contribution is -0.119. The molecule has 0 spiro atoms. The van der Waals surface area contributed by atoms with Gasteiger partial charge in [-0.25, -0.2) is 4.79 Å². The smallest absolute Gasteiger partial charge is 0.338 e. The summed E-state index contributed by atoms with van der Waals surface area (Å²) in [5.41, 5.74) is 3.13. The molecule has 1 amide bonds. The van der Waals surface area contributed by atoms with Crippen LogP contribution in [0.25, 0.3) is 0 Å². The van der Waals surface area contributed by atoms with Crippen LogP contribution >= 0.6 is 15.9 Å². The third-order valence-electron chi connectivity index (χ3n) is 3.73. The highest BCUT2D eigenvalue weighted by molar-refractivity contribution is 9.10. The van der Waals surface area contributed by atoms with Crippen LogP contribution in [0.15, 0.2) is 40.9 Å². The molecule has 0 aliphatic rings. The molecule has 0 radical (unpaired) electrons. The maximum absolute atomic E-state index is 12.1. The second-order valence-corrected chi connectivity index (χ2v) is 6.29. The van der Waals surface area contributed by atoms with Gasteiger partial charge in [-0.3, -0.25) is 4.79 Å². The molecular formula is C19H20BrNO4. The Hall–Kier alpha value is -2.34. The van der Waals surface area contributed by atoms with Gasteiger partial charge in [-0.05, 0) is 58.6 Å². The Morgan fingerprint density at radius 3 is 2.60 bits per heavy atom. The zero-order chi connectivity index (χ0) is 18.4. The van der Waals surface area contributed by atoms with Crippen molar-refractivity contribution in [3.8, 4) is 5.75 Å². The predicted molar refractivity (Wildman–Crippen MR) is 100 cm³/mol. The molecule has 132 valence electrons. The summed E-state index contributed by atoms with van der Waals surface area (Å²) >= 11 is 3.31. The number of benzene rings is 2. The molecule has 0 saturated heterocycles. The lowest BCUT2D eigenvalue weighted by Crippen LogP contribution is -2.22. The highest BCUT2D eigenvalue weighted by Crippen LogP contribution is 2.26. The molecule has 0 heterocycles. The second-order valence-electron chi connectivity index (χ2n) is 5.44. The van der Waals surface area contributed by atoms with Crippen LogP contribution in [-0.4, -0.2) is 25.6 Å². The number of nitrogens with one attached hydrogen (secondary N) is 1. The van der Waals surface area contributed by atoms with Gasteiger partial charge in [0, 0.05) is 5.69 Å². The molecule has 0 aromatic heterocycles. The number of rotatable bonds is 6. The summed E-state index contributed by atoms with van der Waals surface area (Å²) in [4.78, 5) is 24.2. The van der Waals surface area contributed by atoms with E-state index in [-0.39, 0.29) is 12.5 Å². The normalized spacial score (nSPS) is 10.2. The third kappa shape index (κ3) is 4.82. The van der Waals surface area contributed by atoms with E-state index in [1.54, 1.807) is 25.3 Å². The van der Waals surface area contributed by atoms with Gasteiger partial charge < -0.3 is 14.8 Å². The summed E-state index contributed by atoms with van der Waals surface area (Å²) < 4.78 is 10.8. The number of para-hydroxylation sites is 1. The highest BCUT2D eigenvalue weighted by Gasteiger charge is 2.14. The Labute approximate surface area is 155 Å². The topological polar surface area (TPSA) is 64.6 Å². The molecule has 6 heteroatoms. The van der Waals surface area contributed by atoms with Gasteiger partial charge in [0.15, 0.2) is 6.61 Å². The fraction of sp³-hybridized carbons (Fsp3) is 0.263. The summed E-state index contributed by atoms with van der Waals surface area (Å²) in [6, 6.07) is 10.7. The minimum Gasteiger partial charge on any atom is -0.496 e. The Morgan fingerprint density at radius 2 is 1.96 bits per heavy atom. The van der Waals surface area contributed by atoms with Gasteiger partial charge in [-0.15, -0.1) is 0 Å². The van der Waals surface area contributed by atoms with Crippen molar-refractivity contribution in [1.29, 1.82) is 0 Å². The van der Waals surface area contributed by atoms with Crippen molar-refractivity contribution in [3.63, 3.8) is 0 Å². The first-order valence-electron chi connectivity index (χ1n) is 7.85. The fourth-order valence-corrected chi connectivity index (χ4v) is 2.93. The summed E-state index contributed by atoms with van der Waals surface area (Å²) in [7, 11) is 1.54. The third-order valence-corrected chi connectivity index (χ3v) is 4.35. The van der Waals surface area contributed by atoms with Crippen LogP contribution in [0, 0.1) is 6.92 Å². The van der Waals surface area contributed by atoms with E-state index in [0.717, 1.165) is 23.2 Å². The van der Waals surface area contributed by atoms with Crippen molar-refractivity contribution in [2.75, 3.05) is 19.0 Å². The first-order chi connectivity index (χ1) is 12.0. The van der Waals surface area contributed by atoms with Crippen molar-refractivity contribution in [1.82, 2.24) is 0 Å². The molecule has 0 aliphatic heterocycles. The first-order valence-corrected chi connectivity index (χ1v) is 8.64. The molecule has 0 bridgehead atoms. The average molecular weight is 406 g/mol. The average Bonchev–Trinajstić information content (AvgIpc) is 2.61. The van der Waals surface area contributed by atoms with Crippen molar-refractivity contribution in [2.45, 2.75) is 20.3 Å². The van der Waals surface area contributed by atoms with Gasteiger partial charge in [-0.1, -0.05) is 25.1 Å². The maximum atomic E-state index is 12.1. The zero-order valence-electron chi connectivity index (χ0n) is 14.4. The summed E-state index contributed by atoms with van der Waals surface area (Å²) in [6.45, 7) is 3.60. The summed E-state index contributed by atoms with van der Waals surface area (Å²) in [5.74, 6) is -0.329. The van der Waals surface area contributed by atoms with Crippen molar-refractivity contribution >= 4 is 33.5 Å². The number of anilines is 1. The molecule has 1 N–H and O–H groups in total. The van der Waals surface area contributed by atoms with Gasteiger partial charge in [0.2, 0.25) is 0 Å². The monoisotopic (exact) mass is 405 g/mol. The Bertz CT molecular complexity index is 789. The predicted octanol–water partition coefficient (Wildman–Crippen LogP) is 4.12. The van der Waals surface area contributed by atoms with Crippen molar-refractivity contribution < 1.29 is 19.1 Å². The standard InChI is InChI=1S/C19H20BrNO4/c1-4-13-7-5-6-12(2)18(13)21-17(22)11-25-19(23)14-8-9-16(24-3)15(20)10-14/h5-10H,4,11H2,1-3H3,(H,21,22). The zero-order valence-corrected chi connectivity index (χ0v) is 16.0. The number of hydrogen-bond acceptors (Lipinski definition) is 4. The highest BCUT2D eigenvalue weighted by atomic mass is 79.9. The van der Waals surface area contributed by atoms with E-state index in [1.165, 1.54) is 0 Å². The van der Waals surface area contributed by atoms with E-state index in [9.17, 15) is 9.59 Å². The number of esters is 1. The number of amides is 1. The van der Waals surface area contributed by atoms with Crippen molar-refractivity contribution in [3.05, 3.63) is 57.6 Å². The number of ether oxygens (including phenoxy) is 2. The van der Waals surface area contributed by atoms with E-state index in [1.807, 2.05) is 32.0 Å². The lowest BCUT2D eigenvalue weighted by Gasteiger charge is -2.13. The maximum Gasteiger partial charge on any atom is 0.338 e.